The zero-order valence-electron chi connectivity index (χ0n) is 14.2. The molecule has 0 radical (unpaired) electrons. The fraction of sp³-hybridized carbons (Fsp3) is 0.632. The second-order valence-corrected chi connectivity index (χ2v) is 7.14. The Morgan fingerprint density at radius 3 is 2.43 bits per heavy atom. The average molecular weight is 315 g/mol. The second-order valence-electron chi connectivity index (χ2n) is 7.14. The molecule has 0 saturated carbocycles. The Balaban J connectivity index is 1.59. The van der Waals surface area contributed by atoms with Crippen molar-refractivity contribution in [1.82, 2.24) is 9.80 Å². The monoisotopic (exact) mass is 315 g/mol. The molecule has 1 aromatic rings. The van der Waals surface area contributed by atoms with Gasteiger partial charge in [0.2, 0.25) is 0 Å². The van der Waals surface area contributed by atoms with Crippen LogP contribution in [0.5, 0.6) is 0 Å². The van der Waals surface area contributed by atoms with Crippen LogP contribution in [-0.2, 0) is 6.54 Å². The molecule has 4 nitrogen and oxygen atoms in total. The van der Waals surface area contributed by atoms with E-state index in [0.29, 0.717) is 6.04 Å². The molecule has 126 valence electrons. The zero-order chi connectivity index (χ0) is 16.2. The van der Waals surface area contributed by atoms with Crippen LogP contribution in [0.3, 0.4) is 0 Å². The van der Waals surface area contributed by atoms with E-state index in [4.69, 9.17) is 5.73 Å². The summed E-state index contributed by atoms with van der Waals surface area (Å²) in [5.41, 5.74) is 8.02. The quantitative estimate of drug-likeness (QED) is 0.933. The lowest BCUT2D eigenvalue weighted by Crippen LogP contribution is -2.42. The van der Waals surface area contributed by atoms with Crippen LogP contribution in [0.25, 0.3) is 0 Å². The van der Waals surface area contributed by atoms with Gasteiger partial charge in [-0.1, -0.05) is 18.6 Å². The Morgan fingerprint density at radius 1 is 1.09 bits per heavy atom. The van der Waals surface area contributed by atoms with Crippen LogP contribution in [0.1, 0.15) is 54.9 Å². The topological polar surface area (TPSA) is 49.6 Å². The van der Waals surface area contributed by atoms with Crippen LogP contribution < -0.4 is 5.73 Å². The molecule has 1 aromatic carbocycles. The maximum absolute atomic E-state index is 12.5. The predicted molar refractivity (Wildman–Crippen MR) is 93.3 cm³/mol. The van der Waals surface area contributed by atoms with Gasteiger partial charge in [0.1, 0.15) is 0 Å². The lowest BCUT2D eigenvalue weighted by molar-refractivity contribution is 0.0714. The Bertz CT molecular complexity index is 520. The minimum Gasteiger partial charge on any atom is -0.339 e. The van der Waals surface area contributed by atoms with Gasteiger partial charge in [-0.05, 0) is 56.8 Å². The van der Waals surface area contributed by atoms with Crippen molar-refractivity contribution >= 4 is 5.91 Å². The number of nitrogens with two attached hydrogens (primary N) is 1. The smallest absolute Gasteiger partial charge is 0.253 e. The number of hydrogen-bond donors (Lipinski definition) is 1. The van der Waals surface area contributed by atoms with Gasteiger partial charge in [0.25, 0.3) is 5.91 Å². The number of carbonyl (C=O) groups excluding carboxylic acids is 1. The molecule has 0 spiro atoms. The van der Waals surface area contributed by atoms with Crippen LogP contribution in [0, 0.1) is 0 Å². The van der Waals surface area contributed by atoms with Crippen molar-refractivity contribution in [2.45, 2.75) is 57.7 Å². The minimum absolute atomic E-state index is 0.148. The van der Waals surface area contributed by atoms with Crippen LogP contribution in [-0.4, -0.2) is 47.4 Å². The van der Waals surface area contributed by atoms with Crippen molar-refractivity contribution in [2.24, 2.45) is 5.73 Å². The highest BCUT2D eigenvalue weighted by molar-refractivity contribution is 5.94. The number of likely N-dealkylation sites (tertiary alicyclic amines) is 2. The molecule has 2 N–H and O–H groups in total. The van der Waals surface area contributed by atoms with E-state index >= 15 is 0 Å². The summed E-state index contributed by atoms with van der Waals surface area (Å²) in [5, 5.41) is 0. The first kappa shape index (κ1) is 16.5. The molecule has 2 aliphatic heterocycles. The van der Waals surface area contributed by atoms with E-state index in [1.165, 1.54) is 31.4 Å². The van der Waals surface area contributed by atoms with E-state index in [1.54, 1.807) is 0 Å². The summed E-state index contributed by atoms with van der Waals surface area (Å²) < 4.78 is 0. The van der Waals surface area contributed by atoms with Gasteiger partial charge in [-0.3, -0.25) is 9.69 Å². The third-order valence-electron chi connectivity index (χ3n) is 5.35. The number of rotatable bonds is 3. The molecule has 1 amide bonds. The van der Waals surface area contributed by atoms with Gasteiger partial charge in [-0.15, -0.1) is 0 Å². The molecule has 0 bridgehead atoms. The Morgan fingerprint density at radius 2 is 1.78 bits per heavy atom. The van der Waals surface area contributed by atoms with Gasteiger partial charge < -0.3 is 10.6 Å². The summed E-state index contributed by atoms with van der Waals surface area (Å²) >= 11 is 0. The van der Waals surface area contributed by atoms with E-state index in [1.807, 2.05) is 17.0 Å². The molecule has 2 saturated heterocycles. The molecule has 0 aromatic heterocycles. The van der Waals surface area contributed by atoms with Crippen LogP contribution >= 0.6 is 0 Å². The number of carbonyl (C=O) groups is 1. The molecule has 1 unspecified atom stereocenters. The van der Waals surface area contributed by atoms with Crippen molar-refractivity contribution < 1.29 is 4.79 Å². The fourth-order valence-corrected chi connectivity index (χ4v) is 3.66. The maximum atomic E-state index is 12.5. The van der Waals surface area contributed by atoms with Crippen molar-refractivity contribution in [2.75, 3.05) is 19.6 Å². The summed E-state index contributed by atoms with van der Waals surface area (Å²) in [6.45, 7) is 6.07. The van der Waals surface area contributed by atoms with Gasteiger partial charge in [0, 0.05) is 37.3 Å². The molecule has 0 aliphatic carbocycles. The number of hydrogen-bond acceptors (Lipinski definition) is 3. The second kappa shape index (κ2) is 7.45. The predicted octanol–water partition coefficient (Wildman–Crippen LogP) is 2.62. The summed E-state index contributed by atoms with van der Waals surface area (Å²) in [6, 6.07) is 9.13. The van der Waals surface area contributed by atoms with E-state index < -0.39 is 0 Å². The minimum atomic E-state index is 0.148. The first-order valence-corrected chi connectivity index (χ1v) is 9.01. The first-order chi connectivity index (χ1) is 11.1. The molecule has 2 aliphatic rings. The summed E-state index contributed by atoms with van der Waals surface area (Å²) in [7, 11) is 0. The highest BCUT2D eigenvalue weighted by atomic mass is 16.2. The van der Waals surface area contributed by atoms with Crippen LogP contribution in [0.4, 0.5) is 0 Å². The Hall–Kier alpha value is -1.39. The molecular weight excluding hydrogens is 286 g/mol. The lowest BCUT2D eigenvalue weighted by atomic mass is 10.0. The normalized spacial score (nSPS) is 23.9. The van der Waals surface area contributed by atoms with E-state index in [0.717, 1.165) is 38.0 Å². The van der Waals surface area contributed by atoms with Crippen molar-refractivity contribution in [3.63, 3.8) is 0 Å². The Kier molecular flexibility index (Phi) is 5.34. The van der Waals surface area contributed by atoms with Gasteiger partial charge in [0.15, 0.2) is 0 Å². The number of amides is 1. The van der Waals surface area contributed by atoms with E-state index in [-0.39, 0.29) is 11.9 Å². The molecule has 23 heavy (non-hydrogen) atoms. The number of benzene rings is 1. The molecular formula is C19H29N3O. The highest BCUT2D eigenvalue weighted by Crippen LogP contribution is 2.20. The standard InChI is InChI=1S/C19H29N3O/c1-15-4-2-3-11-22(15)14-16-5-7-17(8-6-16)19(23)21-12-9-18(20)10-13-21/h5-8,15,18H,2-4,9-14,20H2,1H3. The van der Waals surface area contributed by atoms with Gasteiger partial charge >= 0.3 is 0 Å². The van der Waals surface area contributed by atoms with Crippen molar-refractivity contribution in [1.29, 1.82) is 0 Å². The maximum Gasteiger partial charge on any atom is 0.253 e. The Labute approximate surface area is 139 Å². The molecule has 2 heterocycles. The summed E-state index contributed by atoms with van der Waals surface area (Å²) in [5.74, 6) is 0.148. The third-order valence-corrected chi connectivity index (χ3v) is 5.35. The average Bonchev–Trinajstić information content (AvgIpc) is 2.58. The van der Waals surface area contributed by atoms with Gasteiger partial charge in [-0.2, -0.15) is 0 Å². The zero-order valence-corrected chi connectivity index (χ0v) is 14.2. The van der Waals surface area contributed by atoms with E-state index in [9.17, 15) is 4.79 Å². The SMILES string of the molecule is CC1CCCCN1Cc1ccc(C(=O)N2CCC(N)CC2)cc1. The van der Waals surface area contributed by atoms with Gasteiger partial charge in [0.05, 0.1) is 0 Å². The molecule has 2 fully saturated rings. The molecule has 4 heteroatoms. The molecule has 1 atom stereocenters. The van der Waals surface area contributed by atoms with Crippen LogP contribution in [0.15, 0.2) is 24.3 Å². The molecule has 3 rings (SSSR count). The lowest BCUT2D eigenvalue weighted by Gasteiger charge is -2.33. The van der Waals surface area contributed by atoms with Crippen molar-refractivity contribution in [3.8, 4) is 0 Å². The fourth-order valence-electron chi connectivity index (χ4n) is 3.66. The van der Waals surface area contributed by atoms with Crippen molar-refractivity contribution in [3.05, 3.63) is 35.4 Å². The largest absolute Gasteiger partial charge is 0.339 e. The summed E-state index contributed by atoms with van der Waals surface area (Å²) in [4.78, 5) is 17.0. The van der Waals surface area contributed by atoms with Crippen LogP contribution in [0.2, 0.25) is 0 Å². The third kappa shape index (κ3) is 4.12. The summed E-state index contributed by atoms with van der Waals surface area (Å²) in [6.07, 6.45) is 5.78. The van der Waals surface area contributed by atoms with E-state index in [2.05, 4.69) is 24.0 Å². The first-order valence-electron chi connectivity index (χ1n) is 9.01. The number of piperidine rings is 2. The van der Waals surface area contributed by atoms with Gasteiger partial charge in [-0.25, -0.2) is 0 Å². The number of nitrogens with zero attached hydrogens (tertiary/aromatic N) is 2. The highest BCUT2D eigenvalue weighted by Gasteiger charge is 2.22.